The van der Waals surface area contributed by atoms with Gasteiger partial charge in [-0.05, 0) is 12.1 Å². The second-order valence-electron chi connectivity index (χ2n) is 3.14. The summed E-state index contributed by atoms with van der Waals surface area (Å²) in [6.45, 7) is 4.03. The van der Waals surface area contributed by atoms with Gasteiger partial charge in [0.05, 0.1) is 25.9 Å². The first-order valence-corrected chi connectivity index (χ1v) is 6.48. The summed E-state index contributed by atoms with van der Waals surface area (Å²) in [5, 5.41) is 1.17. The summed E-state index contributed by atoms with van der Waals surface area (Å²) in [6, 6.07) is 9.90. The van der Waals surface area contributed by atoms with E-state index in [0.717, 1.165) is 0 Å². The zero-order valence-corrected chi connectivity index (χ0v) is 9.78. The van der Waals surface area contributed by atoms with Crippen LogP contribution in [0, 0.1) is 0 Å². The molecule has 0 aromatic heterocycles. The molecule has 0 unspecified atom stereocenters. The fourth-order valence-corrected chi connectivity index (χ4v) is 2.02. The Morgan fingerprint density at radius 1 is 1.17 bits per heavy atom. The standard InChI is InChI=1S/C9H13FP.BrH/c1-11(2,8-10)9-6-4-3-5-7-9;/h3-7H,8H2,1-2H3;1H/q+1;/p-1. The summed E-state index contributed by atoms with van der Waals surface area (Å²) in [5.74, 6) is 0. The summed E-state index contributed by atoms with van der Waals surface area (Å²) in [7, 11) is -1.44. The third-order valence-electron chi connectivity index (χ3n) is 1.75. The monoisotopic (exact) mass is 250 g/mol. The molecule has 0 radical (unpaired) electrons. The van der Waals surface area contributed by atoms with E-state index in [2.05, 4.69) is 0 Å². The summed E-state index contributed by atoms with van der Waals surface area (Å²) < 4.78 is 12.5. The summed E-state index contributed by atoms with van der Waals surface area (Å²) in [6.07, 6.45) is -0.197. The van der Waals surface area contributed by atoms with Gasteiger partial charge in [0.2, 0.25) is 0 Å². The lowest BCUT2D eigenvalue weighted by Gasteiger charge is -2.12. The van der Waals surface area contributed by atoms with Gasteiger partial charge in [0.1, 0.15) is 0 Å². The maximum Gasteiger partial charge on any atom is 0.199 e. The maximum absolute atomic E-state index is 12.5. The van der Waals surface area contributed by atoms with E-state index < -0.39 is 7.26 Å². The van der Waals surface area contributed by atoms with Gasteiger partial charge in [-0.25, -0.2) is 4.39 Å². The van der Waals surface area contributed by atoms with Crippen molar-refractivity contribution in [2.45, 2.75) is 0 Å². The fraction of sp³-hybridized carbons (Fsp3) is 0.333. The molecule has 0 atom stereocenters. The van der Waals surface area contributed by atoms with Crippen LogP contribution in [0.5, 0.6) is 0 Å². The predicted octanol–water partition coefficient (Wildman–Crippen LogP) is -0.480. The molecule has 0 aliphatic rings. The van der Waals surface area contributed by atoms with Gasteiger partial charge in [-0.1, -0.05) is 18.2 Å². The second-order valence-corrected chi connectivity index (χ2v) is 7.27. The minimum Gasteiger partial charge on any atom is -1.00 e. The van der Waals surface area contributed by atoms with Crippen LogP contribution in [0.1, 0.15) is 0 Å². The van der Waals surface area contributed by atoms with Gasteiger partial charge in [0.25, 0.3) is 0 Å². The largest absolute Gasteiger partial charge is 1.00 e. The van der Waals surface area contributed by atoms with Gasteiger partial charge in [-0.3, -0.25) is 0 Å². The van der Waals surface area contributed by atoms with Gasteiger partial charge < -0.3 is 17.0 Å². The lowest BCUT2D eigenvalue weighted by Crippen LogP contribution is -3.00. The highest BCUT2D eigenvalue weighted by Crippen LogP contribution is 2.49. The van der Waals surface area contributed by atoms with Gasteiger partial charge in [-0.2, -0.15) is 0 Å². The molecule has 0 amide bonds. The van der Waals surface area contributed by atoms with Crippen molar-refractivity contribution in [2.24, 2.45) is 0 Å². The number of hydrogen-bond donors (Lipinski definition) is 0. The number of rotatable bonds is 2. The molecule has 68 valence electrons. The Morgan fingerprint density at radius 3 is 2.08 bits per heavy atom. The summed E-state index contributed by atoms with van der Waals surface area (Å²) in [4.78, 5) is 0. The van der Waals surface area contributed by atoms with Crippen molar-refractivity contribution in [3.8, 4) is 0 Å². The van der Waals surface area contributed by atoms with Gasteiger partial charge in [-0.15, -0.1) is 0 Å². The molecule has 0 bridgehead atoms. The molecule has 0 saturated heterocycles. The van der Waals surface area contributed by atoms with Crippen LogP contribution in [0.25, 0.3) is 0 Å². The highest BCUT2D eigenvalue weighted by atomic mass is 79.9. The third kappa shape index (κ3) is 2.84. The van der Waals surface area contributed by atoms with Crippen molar-refractivity contribution in [1.82, 2.24) is 0 Å². The molecule has 0 aliphatic heterocycles. The van der Waals surface area contributed by atoms with Crippen molar-refractivity contribution in [3.05, 3.63) is 30.3 Å². The van der Waals surface area contributed by atoms with E-state index in [-0.39, 0.29) is 23.4 Å². The molecule has 0 nitrogen and oxygen atoms in total. The minimum absolute atomic E-state index is 0. The average Bonchev–Trinajstić information content (AvgIpc) is 2.06. The summed E-state index contributed by atoms with van der Waals surface area (Å²) in [5.41, 5.74) is 0. The number of benzene rings is 1. The normalized spacial score (nSPS) is 10.6. The molecular weight excluding hydrogens is 238 g/mol. The second kappa shape index (κ2) is 4.94. The fourth-order valence-electron chi connectivity index (χ4n) is 0.901. The van der Waals surface area contributed by atoms with Crippen molar-refractivity contribution >= 4 is 12.6 Å². The number of alkyl halides is 1. The van der Waals surface area contributed by atoms with E-state index in [1.807, 2.05) is 43.7 Å². The van der Waals surface area contributed by atoms with Gasteiger partial charge in [0.15, 0.2) is 6.42 Å². The topological polar surface area (TPSA) is 0 Å². The maximum atomic E-state index is 12.5. The SMILES string of the molecule is C[P+](C)(CF)c1ccccc1.[Br-]. The molecule has 0 saturated carbocycles. The van der Waals surface area contributed by atoms with Crippen LogP contribution in [0.15, 0.2) is 30.3 Å². The Kier molecular flexibility index (Phi) is 4.96. The van der Waals surface area contributed by atoms with Crippen molar-refractivity contribution in [1.29, 1.82) is 0 Å². The molecule has 0 N–H and O–H groups in total. The Bertz CT molecular complexity index is 223. The first-order chi connectivity index (χ1) is 5.17. The van der Waals surface area contributed by atoms with Crippen LogP contribution in [-0.4, -0.2) is 19.7 Å². The van der Waals surface area contributed by atoms with Gasteiger partial charge in [0, 0.05) is 0 Å². The Morgan fingerprint density at radius 2 is 1.67 bits per heavy atom. The van der Waals surface area contributed by atoms with Crippen LogP contribution in [-0.2, 0) is 0 Å². The van der Waals surface area contributed by atoms with Crippen LogP contribution in [0.3, 0.4) is 0 Å². The molecule has 1 aromatic carbocycles. The van der Waals surface area contributed by atoms with Gasteiger partial charge >= 0.3 is 0 Å². The molecule has 1 aromatic rings. The Balaban J connectivity index is 0.00000121. The first kappa shape index (κ1) is 12.1. The van der Waals surface area contributed by atoms with E-state index in [9.17, 15) is 4.39 Å². The van der Waals surface area contributed by atoms with E-state index in [4.69, 9.17) is 0 Å². The quantitative estimate of drug-likeness (QED) is 0.623. The van der Waals surface area contributed by atoms with Crippen LogP contribution in [0.2, 0.25) is 0 Å². The molecule has 0 heterocycles. The smallest absolute Gasteiger partial charge is 0.199 e. The molecule has 0 aliphatic carbocycles. The van der Waals surface area contributed by atoms with Crippen molar-refractivity contribution in [3.63, 3.8) is 0 Å². The molecular formula is C9H13BrFP. The van der Waals surface area contributed by atoms with Crippen LogP contribution in [0.4, 0.5) is 4.39 Å². The van der Waals surface area contributed by atoms with Crippen molar-refractivity contribution in [2.75, 3.05) is 19.7 Å². The summed E-state index contributed by atoms with van der Waals surface area (Å²) >= 11 is 0. The minimum atomic E-state index is -1.44. The zero-order chi connectivity index (χ0) is 8.32. The molecule has 0 spiro atoms. The highest BCUT2D eigenvalue weighted by Gasteiger charge is 2.27. The molecule has 1 rings (SSSR count). The highest BCUT2D eigenvalue weighted by molar-refractivity contribution is 7.81. The van der Waals surface area contributed by atoms with Crippen LogP contribution >= 0.6 is 7.26 Å². The van der Waals surface area contributed by atoms with E-state index >= 15 is 0 Å². The third-order valence-corrected chi connectivity index (χ3v) is 4.05. The zero-order valence-electron chi connectivity index (χ0n) is 7.30. The number of halogens is 2. The molecule has 3 heteroatoms. The van der Waals surface area contributed by atoms with E-state index in [0.29, 0.717) is 0 Å². The van der Waals surface area contributed by atoms with E-state index in [1.165, 1.54) is 5.30 Å². The van der Waals surface area contributed by atoms with Crippen molar-refractivity contribution < 1.29 is 21.4 Å². The molecule has 0 fully saturated rings. The average molecular weight is 251 g/mol. The Hall–Kier alpha value is 0.0600. The van der Waals surface area contributed by atoms with E-state index in [1.54, 1.807) is 0 Å². The lowest BCUT2D eigenvalue weighted by atomic mass is 10.4. The first-order valence-electron chi connectivity index (χ1n) is 3.61. The molecule has 12 heavy (non-hydrogen) atoms. The predicted molar refractivity (Wildman–Crippen MR) is 50.8 cm³/mol. The number of hydrogen-bond acceptors (Lipinski definition) is 0. The lowest BCUT2D eigenvalue weighted by molar-refractivity contribution is -0.00000281. The Labute approximate surface area is 84.3 Å². The van der Waals surface area contributed by atoms with Crippen LogP contribution < -0.4 is 22.3 Å².